The van der Waals surface area contributed by atoms with Crippen LogP contribution in [0.25, 0.3) is 0 Å². The Hall–Kier alpha value is -1.39. The van der Waals surface area contributed by atoms with Gasteiger partial charge in [0.05, 0.1) is 12.5 Å². The van der Waals surface area contributed by atoms with Crippen LogP contribution in [0.15, 0.2) is 30.3 Å². The number of hydrogen-bond acceptors (Lipinski definition) is 3. The van der Waals surface area contributed by atoms with Crippen molar-refractivity contribution in [1.82, 2.24) is 9.80 Å². The van der Waals surface area contributed by atoms with Gasteiger partial charge in [0.1, 0.15) is 5.72 Å². The highest BCUT2D eigenvalue weighted by atomic mass is 16.5. The molecule has 3 aliphatic heterocycles. The maximum Gasteiger partial charge on any atom is 0.229 e. The first-order valence-electron chi connectivity index (χ1n) is 7.85. The lowest BCUT2D eigenvalue weighted by Gasteiger charge is -2.33. The molecule has 4 nitrogen and oxygen atoms in total. The Morgan fingerprint density at radius 1 is 1.29 bits per heavy atom. The second-order valence-corrected chi connectivity index (χ2v) is 6.65. The molecule has 21 heavy (non-hydrogen) atoms. The summed E-state index contributed by atoms with van der Waals surface area (Å²) in [6.45, 7) is 7.57. The van der Waals surface area contributed by atoms with Crippen molar-refractivity contribution in [3.63, 3.8) is 0 Å². The predicted molar refractivity (Wildman–Crippen MR) is 79.5 cm³/mol. The molecule has 0 unspecified atom stereocenters. The predicted octanol–water partition coefficient (Wildman–Crippen LogP) is 1.88. The van der Waals surface area contributed by atoms with Gasteiger partial charge in [-0.1, -0.05) is 30.3 Å². The molecule has 0 saturated carbocycles. The molecule has 0 spiro atoms. The number of amides is 1. The van der Waals surface area contributed by atoms with Crippen molar-refractivity contribution < 1.29 is 9.53 Å². The molecule has 4 heteroatoms. The van der Waals surface area contributed by atoms with E-state index in [1.54, 1.807) is 0 Å². The van der Waals surface area contributed by atoms with Gasteiger partial charge in [-0.15, -0.1) is 0 Å². The molecule has 0 N–H and O–H groups in total. The first-order valence-corrected chi connectivity index (χ1v) is 7.85. The molecule has 4 atom stereocenters. The normalized spacial score (nSPS) is 36.9. The Kier molecular flexibility index (Phi) is 2.88. The Morgan fingerprint density at radius 2 is 2.05 bits per heavy atom. The van der Waals surface area contributed by atoms with E-state index in [1.807, 2.05) is 11.0 Å². The SMILES string of the molecule is C[C@H](c1ccccc1)N1C[C@@H]2C(=O)N3CCO[C@]3(C)[C@@H]2C1. The highest BCUT2D eigenvalue weighted by Gasteiger charge is 2.62. The maximum atomic E-state index is 12.6. The van der Waals surface area contributed by atoms with Gasteiger partial charge < -0.3 is 9.64 Å². The lowest BCUT2D eigenvalue weighted by Crippen LogP contribution is -2.45. The molecule has 3 fully saturated rings. The Labute approximate surface area is 125 Å². The first-order chi connectivity index (χ1) is 10.1. The van der Waals surface area contributed by atoms with E-state index in [0.717, 1.165) is 19.6 Å². The van der Waals surface area contributed by atoms with Gasteiger partial charge in [0.2, 0.25) is 5.91 Å². The van der Waals surface area contributed by atoms with E-state index in [4.69, 9.17) is 4.74 Å². The number of ether oxygens (including phenoxy) is 1. The quantitative estimate of drug-likeness (QED) is 0.832. The Morgan fingerprint density at radius 3 is 2.81 bits per heavy atom. The van der Waals surface area contributed by atoms with Crippen molar-refractivity contribution in [1.29, 1.82) is 0 Å². The van der Waals surface area contributed by atoms with E-state index >= 15 is 0 Å². The second-order valence-electron chi connectivity index (χ2n) is 6.65. The fourth-order valence-electron chi connectivity index (χ4n) is 4.37. The standard InChI is InChI=1S/C17H22N2O2/c1-12(13-6-4-3-5-7-13)18-10-14-15(11-18)17(2)19(16(14)20)8-9-21-17/h3-7,12,14-15H,8-11H2,1-2H3/t12-,14+,15-,17-/m1/s1. The summed E-state index contributed by atoms with van der Waals surface area (Å²) in [4.78, 5) is 17.0. The summed E-state index contributed by atoms with van der Waals surface area (Å²) in [5.74, 6) is 0.711. The van der Waals surface area contributed by atoms with Crippen LogP contribution in [0.1, 0.15) is 25.5 Å². The van der Waals surface area contributed by atoms with Crippen LogP contribution in [0.4, 0.5) is 0 Å². The number of nitrogens with zero attached hydrogens (tertiary/aromatic N) is 2. The summed E-state index contributed by atoms with van der Waals surface area (Å²) in [5.41, 5.74) is 0.951. The van der Waals surface area contributed by atoms with E-state index in [2.05, 4.69) is 43.0 Å². The average molecular weight is 286 g/mol. The smallest absolute Gasteiger partial charge is 0.229 e. The van der Waals surface area contributed by atoms with Crippen LogP contribution in [0, 0.1) is 11.8 Å². The number of hydrogen-bond donors (Lipinski definition) is 0. The minimum absolute atomic E-state index is 0.112. The molecule has 0 aliphatic carbocycles. The molecule has 1 amide bonds. The van der Waals surface area contributed by atoms with E-state index < -0.39 is 0 Å². The van der Waals surface area contributed by atoms with E-state index in [0.29, 0.717) is 24.5 Å². The van der Waals surface area contributed by atoms with E-state index in [9.17, 15) is 4.79 Å². The number of fused-ring (bicyclic) bond motifs is 3. The van der Waals surface area contributed by atoms with Gasteiger partial charge in [0.25, 0.3) is 0 Å². The molecule has 112 valence electrons. The monoisotopic (exact) mass is 286 g/mol. The minimum Gasteiger partial charge on any atom is -0.354 e. The molecule has 3 saturated heterocycles. The third-order valence-corrected chi connectivity index (χ3v) is 5.69. The van der Waals surface area contributed by atoms with E-state index in [-0.39, 0.29) is 11.6 Å². The molecule has 0 radical (unpaired) electrons. The van der Waals surface area contributed by atoms with Crippen molar-refractivity contribution in [2.24, 2.45) is 11.8 Å². The molecular formula is C17H22N2O2. The molecular weight excluding hydrogens is 264 g/mol. The van der Waals surface area contributed by atoms with Gasteiger partial charge in [0, 0.05) is 31.6 Å². The van der Waals surface area contributed by atoms with Gasteiger partial charge in [-0.05, 0) is 19.4 Å². The molecule has 1 aromatic carbocycles. The van der Waals surface area contributed by atoms with Crippen LogP contribution in [0.2, 0.25) is 0 Å². The molecule has 0 aromatic heterocycles. The van der Waals surface area contributed by atoms with Gasteiger partial charge in [-0.25, -0.2) is 0 Å². The zero-order chi connectivity index (χ0) is 14.6. The number of carbonyl (C=O) groups is 1. The lowest BCUT2D eigenvalue weighted by molar-refractivity contribution is -0.139. The first kappa shape index (κ1) is 13.3. The fourth-order valence-corrected chi connectivity index (χ4v) is 4.37. The largest absolute Gasteiger partial charge is 0.354 e. The highest BCUT2D eigenvalue weighted by Crippen LogP contribution is 2.48. The van der Waals surface area contributed by atoms with Crippen molar-refractivity contribution in [3.05, 3.63) is 35.9 Å². The molecule has 3 aliphatic rings. The topological polar surface area (TPSA) is 32.8 Å². The maximum absolute atomic E-state index is 12.6. The van der Waals surface area contributed by atoms with Crippen molar-refractivity contribution in [2.75, 3.05) is 26.2 Å². The summed E-state index contributed by atoms with van der Waals surface area (Å²) in [5, 5.41) is 0. The fraction of sp³-hybridized carbons (Fsp3) is 0.588. The van der Waals surface area contributed by atoms with Crippen LogP contribution >= 0.6 is 0 Å². The average Bonchev–Trinajstić information content (AvgIpc) is 3.15. The van der Waals surface area contributed by atoms with Gasteiger partial charge in [-0.2, -0.15) is 0 Å². The van der Waals surface area contributed by atoms with Crippen LogP contribution in [-0.4, -0.2) is 47.7 Å². The van der Waals surface area contributed by atoms with Crippen LogP contribution in [-0.2, 0) is 9.53 Å². The van der Waals surface area contributed by atoms with Crippen molar-refractivity contribution in [3.8, 4) is 0 Å². The summed E-state index contributed by atoms with van der Waals surface area (Å²) >= 11 is 0. The second kappa shape index (κ2) is 4.55. The Balaban J connectivity index is 1.57. The van der Waals surface area contributed by atoms with Crippen molar-refractivity contribution >= 4 is 5.91 Å². The number of rotatable bonds is 2. The van der Waals surface area contributed by atoms with Crippen LogP contribution < -0.4 is 0 Å². The summed E-state index contributed by atoms with van der Waals surface area (Å²) in [6.07, 6.45) is 0. The van der Waals surface area contributed by atoms with E-state index in [1.165, 1.54) is 5.56 Å². The molecule has 3 heterocycles. The summed E-state index contributed by atoms with van der Waals surface area (Å²) in [7, 11) is 0. The van der Waals surface area contributed by atoms with Gasteiger partial charge in [-0.3, -0.25) is 9.69 Å². The summed E-state index contributed by atoms with van der Waals surface area (Å²) < 4.78 is 5.96. The molecule has 0 bridgehead atoms. The third kappa shape index (κ3) is 1.79. The number of likely N-dealkylation sites (tertiary alicyclic amines) is 1. The molecule has 4 rings (SSSR count). The lowest BCUT2D eigenvalue weighted by atomic mass is 9.92. The third-order valence-electron chi connectivity index (χ3n) is 5.69. The Bertz CT molecular complexity index is 561. The van der Waals surface area contributed by atoms with Gasteiger partial charge in [0.15, 0.2) is 0 Å². The minimum atomic E-state index is -0.368. The zero-order valence-corrected chi connectivity index (χ0v) is 12.7. The summed E-state index contributed by atoms with van der Waals surface area (Å²) in [6, 6.07) is 10.9. The van der Waals surface area contributed by atoms with Gasteiger partial charge >= 0.3 is 0 Å². The van der Waals surface area contributed by atoms with Crippen molar-refractivity contribution in [2.45, 2.75) is 25.6 Å². The zero-order valence-electron chi connectivity index (χ0n) is 12.7. The number of benzene rings is 1. The molecule has 1 aromatic rings. The van der Waals surface area contributed by atoms with Crippen LogP contribution in [0.5, 0.6) is 0 Å². The van der Waals surface area contributed by atoms with Crippen LogP contribution in [0.3, 0.4) is 0 Å². The highest BCUT2D eigenvalue weighted by molar-refractivity contribution is 5.83. The number of carbonyl (C=O) groups excluding carboxylic acids is 1.